The third-order valence-electron chi connectivity index (χ3n) is 2.61. The number of aromatic hydroxyl groups is 1. The van der Waals surface area contributed by atoms with Gasteiger partial charge in [0, 0.05) is 16.8 Å². The van der Waals surface area contributed by atoms with E-state index in [0.717, 1.165) is 6.07 Å². The minimum Gasteiger partial charge on any atom is -0.507 e. The van der Waals surface area contributed by atoms with Gasteiger partial charge < -0.3 is 15.2 Å². The Kier molecular flexibility index (Phi) is 4.10. The van der Waals surface area contributed by atoms with Gasteiger partial charge in [-0.2, -0.15) is 0 Å². The quantitative estimate of drug-likeness (QED) is 0.912. The van der Waals surface area contributed by atoms with Crippen LogP contribution in [-0.4, -0.2) is 18.1 Å². The summed E-state index contributed by atoms with van der Waals surface area (Å²) >= 11 is 5.76. The first-order valence-corrected chi connectivity index (χ1v) is 6.02. The van der Waals surface area contributed by atoms with Gasteiger partial charge in [0.15, 0.2) is 11.6 Å². The molecule has 0 spiro atoms. The fraction of sp³-hybridized carbons (Fsp3) is 0.0714. The Morgan fingerprint density at radius 1 is 1.30 bits per heavy atom. The molecule has 104 valence electrons. The average molecular weight is 296 g/mol. The molecule has 0 unspecified atom stereocenters. The standard InChI is InChI=1S/C14H11ClFNO3/c1-20-13-5-3-9(7-11(13)16)17-14(19)10-6-8(15)2-4-12(10)18/h2-7,18H,1H3,(H,17,19). The molecule has 0 heterocycles. The normalized spacial score (nSPS) is 10.2. The molecule has 2 N–H and O–H groups in total. The summed E-state index contributed by atoms with van der Waals surface area (Å²) in [6, 6.07) is 8.10. The second-order valence-electron chi connectivity index (χ2n) is 3.96. The van der Waals surface area contributed by atoms with Crippen molar-refractivity contribution in [3.05, 3.63) is 52.8 Å². The van der Waals surface area contributed by atoms with Gasteiger partial charge >= 0.3 is 0 Å². The van der Waals surface area contributed by atoms with Gasteiger partial charge in [0.25, 0.3) is 5.91 Å². The number of halogens is 2. The zero-order chi connectivity index (χ0) is 14.7. The van der Waals surface area contributed by atoms with Crippen molar-refractivity contribution >= 4 is 23.2 Å². The first kappa shape index (κ1) is 14.1. The number of phenols is 1. The van der Waals surface area contributed by atoms with Crippen molar-refractivity contribution in [1.82, 2.24) is 0 Å². The molecule has 20 heavy (non-hydrogen) atoms. The number of anilines is 1. The lowest BCUT2D eigenvalue weighted by Crippen LogP contribution is -2.12. The third-order valence-corrected chi connectivity index (χ3v) is 2.85. The van der Waals surface area contributed by atoms with Crippen LogP contribution in [0, 0.1) is 5.82 Å². The smallest absolute Gasteiger partial charge is 0.259 e. The summed E-state index contributed by atoms with van der Waals surface area (Å²) < 4.78 is 18.3. The molecule has 2 aromatic rings. The number of ether oxygens (including phenoxy) is 1. The Morgan fingerprint density at radius 2 is 2.05 bits per heavy atom. The SMILES string of the molecule is COc1ccc(NC(=O)c2cc(Cl)ccc2O)cc1F. The molecule has 0 radical (unpaired) electrons. The van der Waals surface area contributed by atoms with E-state index >= 15 is 0 Å². The second kappa shape index (κ2) is 5.79. The van der Waals surface area contributed by atoms with Crippen LogP contribution in [0.5, 0.6) is 11.5 Å². The lowest BCUT2D eigenvalue weighted by molar-refractivity contribution is 0.102. The van der Waals surface area contributed by atoms with Crippen molar-refractivity contribution in [2.75, 3.05) is 12.4 Å². The highest BCUT2D eigenvalue weighted by molar-refractivity contribution is 6.31. The summed E-state index contributed by atoms with van der Waals surface area (Å²) in [6.45, 7) is 0. The second-order valence-corrected chi connectivity index (χ2v) is 4.40. The van der Waals surface area contributed by atoms with Gasteiger partial charge in [-0.15, -0.1) is 0 Å². The Morgan fingerprint density at radius 3 is 2.70 bits per heavy atom. The lowest BCUT2D eigenvalue weighted by Gasteiger charge is -2.08. The van der Waals surface area contributed by atoms with Crippen molar-refractivity contribution in [2.24, 2.45) is 0 Å². The van der Waals surface area contributed by atoms with E-state index in [9.17, 15) is 14.3 Å². The van der Waals surface area contributed by atoms with Crippen molar-refractivity contribution in [3.63, 3.8) is 0 Å². The maximum atomic E-state index is 13.5. The number of rotatable bonds is 3. The van der Waals surface area contributed by atoms with Crippen molar-refractivity contribution in [2.45, 2.75) is 0 Å². The summed E-state index contributed by atoms with van der Waals surface area (Å²) in [5.74, 6) is -1.32. The molecule has 6 heteroatoms. The monoisotopic (exact) mass is 295 g/mol. The minimum atomic E-state index is -0.597. The molecular formula is C14H11ClFNO3. The molecule has 0 bridgehead atoms. The van der Waals surface area contributed by atoms with Crippen molar-refractivity contribution in [3.8, 4) is 11.5 Å². The Bertz CT molecular complexity index is 661. The summed E-state index contributed by atoms with van der Waals surface area (Å²) in [5, 5.41) is 12.4. The molecule has 0 saturated carbocycles. The van der Waals surface area contributed by atoms with Crippen molar-refractivity contribution < 1.29 is 19.0 Å². The highest BCUT2D eigenvalue weighted by Gasteiger charge is 2.13. The average Bonchev–Trinajstić information content (AvgIpc) is 2.41. The molecule has 0 aliphatic heterocycles. The predicted octanol–water partition coefficient (Wildman–Crippen LogP) is 3.45. The maximum Gasteiger partial charge on any atom is 0.259 e. The Balaban J connectivity index is 2.23. The van der Waals surface area contributed by atoms with Crippen LogP contribution < -0.4 is 10.1 Å². The van der Waals surface area contributed by atoms with Crippen molar-refractivity contribution in [1.29, 1.82) is 0 Å². The van der Waals surface area contributed by atoms with Gasteiger partial charge in [-0.1, -0.05) is 11.6 Å². The summed E-state index contributed by atoms with van der Waals surface area (Å²) in [7, 11) is 1.35. The molecule has 2 rings (SSSR count). The molecular weight excluding hydrogens is 285 g/mol. The first-order chi connectivity index (χ1) is 9.51. The first-order valence-electron chi connectivity index (χ1n) is 5.64. The van der Waals surface area contributed by atoms with Gasteiger partial charge in [-0.25, -0.2) is 4.39 Å². The number of benzene rings is 2. The van der Waals surface area contributed by atoms with E-state index in [2.05, 4.69) is 5.32 Å². The summed E-state index contributed by atoms with van der Waals surface area (Å²) in [6.07, 6.45) is 0. The molecule has 0 atom stereocenters. The van der Waals surface area contributed by atoms with Crippen LogP contribution in [0.2, 0.25) is 5.02 Å². The van der Waals surface area contributed by atoms with Crippen LogP contribution in [-0.2, 0) is 0 Å². The van der Waals surface area contributed by atoms with E-state index in [0.29, 0.717) is 5.02 Å². The number of phenolic OH excluding ortho intramolecular Hbond substituents is 1. The molecule has 0 aliphatic rings. The zero-order valence-electron chi connectivity index (χ0n) is 10.5. The molecule has 1 amide bonds. The van der Waals surface area contributed by atoms with E-state index in [1.165, 1.54) is 37.4 Å². The number of hydrogen-bond donors (Lipinski definition) is 2. The maximum absolute atomic E-state index is 13.5. The largest absolute Gasteiger partial charge is 0.507 e. The molecule has 2 aromatic carbocycles. The number of amides is 1. The van der Waals surface area contributed by atoms with E-state index in [1.807, 2.05) is 0 Å². The van der Waals surface area contributed by atoms with Crippen LogP contribution in [0.4, 0.5) is 10.1 Å². The summed E-state index contributed by atoms with van der Waals surface area (Å²) in [5.41, 5.74) is 0.251. The van der Waals surface area contributed by atoms with Crippen LogP contribution in [0.1, 0.15) is 10.4 Å². The number of carbonyl (C=O) groups excluding carboxylic acids is 1. The molecule has 0 fully saturated rings. The van der Waals surface area contributed by atoms with E-state index < -0.39 is 11.7 Å². The predicted molar refractivity (Wildman–Crippen MR) is 74.0 cm³/mol. The van der Waals surface area contributed by atoms with Gasteiger partial charge in [0.1, 0.15) is 5.75 Å². The Hall–Kier alpha value is -2.27. The molecule has 0 aliphatic carbocycles. The van der Waals surface area contributed by atoms with E-state index in [-0.39, 0.29) is 22.7 Å². The van der Waals surface area contributed by atoms with Gasteiger partial charge in [-0.3, -0.25) is 4.79 Å². The van der Waals surface area contributed by atoms with Crippen LogP contribution in [0.25, 0.3) is 0 Å². The third kappa shape index (κ3) is 3.00. The topological polar surface area (TPSA) is 58.6 Å². The lowest BCUT2D eigenvalue weighted by atomic mass is 10.2. The van der Waals surface area contributed by atoms with Gasteiger partial charge in [-0.05, 0) is 30.3 Å². The van der Waals surface area contributed by atoms with E-state index in [1.54, 1.807) is 0 Å². The van der Waals surface area contributed by atoms with Crippen LogP contribution in [0.3, 0.4) is 0 Å². The zero-order valence-corrected chi connectivity index (χ0v) is 11.2. The fourth-order valence-electron chi connectivity index (χ4n) is 1.63. The number of carbonyl (C=O) groups is 1. The molecule has 0 aromatic heterocycles. The highest BCUT2D eigenvalue weighted by Crippen LogP contribution is 2.24. The van der Waals surface area contributed by atoms with Gasteiger partial charge in [0.2, 0.25) is 0 Å². The van der Waals surface area contributed by atoms with Gasteiger partial charge in [0.05, 0.1) is 12.7 Å². The number of methoxy groups -OCH3 is 1. The van der Waals surface area contributed by atoms with Crippen LogP contribution in [0.15, 0.2) is 36.4 Å². The minimum absolute atomic E-state index is 0.00808. The van der Waals surface area contributed by atoms with Crippen LogP contribution >= 0.6 is 11.6 Å². The van der Waals surface area contributed by atoms with E-state index in [4.69, 9.17) is 16.3 Å². The number of nitrogens with one attached hydrogen (secondary N) is 1. The fourth-order valence-corrected chi connectivity index (χ4v) is 1.80. The molecule has 0 saturated heterocycles. The number of hydrogen-bond acceptors (Lipinski definition) is 3. The highest BCUT2D eigenvalue weighted by atomic mass is 35.5. The summed E-state index contributed by atoms with van der Waals surface area (Å²) in [4.78, 5) is 12.0. The molecule has 4 nitrogen and oxygen atoms in total. The Labute approximate surface area is 119 Å².